The van der Waals surface area contributed by atoms with Crippen LogP contribution in [0.5, 0.6) is 0 Å². The molecule has 0 unspecified atom stereocenters. The normalized spacial score (nSPS) is 11.4. The molecule has 0 aliphatic rings. The minimum absolute atomic E-state index is 0.0856. The fourth-order valence-electron chi connectivity index (χ4n) is 3.37. The summed E-state index contributed by atoms with van der Waals surface area (Å²) in [6.45, 7) is -0.268. The van der Waals surface area contributed by atoms with Gasteiger partial charge >= 0.3 is 6.09 Å². The number of nitrogens with one attached hydrogen (secondary N) is 2. The molecule has 0 aromatic heterocycles. The third-order valence-electron chi connectivity index (χ3n) is 4.88. The summed E-state index contributed by atoms with van der Waals surface area (Å²) in [6, 6.07) is 26.8. The molecule has 3 amide bonds. The van der Waals surface area contributed by atoms with E-state index < -0.39 is 29.9 Å². The number of alkyl carbamates (subject to hydrolysis) is 1. The molecule has 0 fully saturated rings. The van der Waals surface area contributed by atoms with E-state index in [0.717, 1.165) is 16.7 Å². The minimum atomic E-state index is -1.01. The van der Waals surface area contributed by atoms with Crippen molar-refractivity contribution in [3.05, 3.63) is 108 Å². The van der Waals surface area contributed by atoms with Gasteiger partial charge in [0.15, 0.2) is 0 Å². The Hall–Kier alpha value is -4.13. The van der Waals surface area contributed by atoms with Gasteiger partial charge in [-0.3, -0.25) is 9.59 Å². The number of carbonyl (C=O) groups excluding carboxylic acids is 3. The Morgan fingerprint density at radius 2 is 1.28 bits per heavy atom. The molecule has 164 valence electrons. The molecule has 32 heavy (non-hydrogen) atoms. The average molecular weight is 431 g/mol. The second kappa shape index (κ2) is 11.3. The molecule has 0 heterocycles. The van der Waals surface area contributed by atoms with Crippen molar-refractivity contribution in [3.63, 3.8) is 0 Å². The van der Waals surface area contributed by atoms with Crippen LogP contribution in [0.3, 0.4) is 0 Å². The van der Waals surface area contributed by atoms with Gasteiger partial charge in [-0.05, 0) is 16.7 Å². The van der Waals surface area contributed by atoms with Gasteiger partial charge in [-0.25, -0.2) is 4.79 Å². The zero-order chi connectivity index (χ0) is 22.8. The first-order valence-electron chi connectivity index (χ1n) is 10.2. The highest BCUT2D eigenvalue weighted by atomic mass is 16.5. The number of rotatable bonds is 9. The summed E-state index contributed by atoms with van der Waals surface area (Å²) in [5.74, 6) is -1.71. The number of primary amides is 1. The molecule has 3 aromatic rings. The van der Waals surface area contributed by atoms with Crippen molar-refractivity contribution < 1.29 is 19.1 Å². The smallest absolute Gasteiger partial charge is 0.407 e. The summed E-state index contributed by atoms with van der Waals surface area (Å²) in [5, 5.41) is 5.05. The summed E-state index contributed by atoms with van der Waals surface area (Å²) in [5.41, 5.74) is 8.15. The second-order valence-electron chi connectivity index (χ2n) is 7.16. The van der Waals surface area contributed by atoms with E-state index in [1.807, 2.05) is 91.0 Å². The summed E-state index contributed by atoms with van der Waals surface area (Å²) >= 11 is 0. The Morgan fingerprint density at radius 3 is 1.78 bits per heavy atom. The third kappa shape index (κ3) is 6.43. The summed E-state index contributed by atoms with van der Waals surface area (Å²) in [6.07, 6.45) is -0.734. The maximum atomic E-state index is 12.5. The van der Waals surface area contributed by atoms with Gasteiger partial charge in [-0.2, -0.15) is 0 Å². The molecule has 1 atom stereocenters. The standard InChI is InChI=1S/C25H25N3O4/c26-24(30)23(22(19-12-6-2-7-13-19)20-14-8-3-9-15-20)28-21(29)16-27-25(31)32-17-18-10-4-1-5-11-18/h1-15,22-23H,16-17H2,(H2,26,30)(H,27,31)(H,28,29)/t23-/m1/s1. The molecule has 3 aromatic carbocycles. The Bertz CT molecular complexity index is 987. The van der Waals surface area contributed by atoms with E-state index >= 15 is 0 Å². The molecule has 0 bridgehead atoms. The zero-order valence-electron chi connectivity index (χ0n) is 17.4. The van der Waals surface area contributed by atoms with Gasteiger partial charge in [0.25, 0.3) is 0 Å². The van der Waals surface area contributed by atoms with E-state index in [4.69, 9.17) is 10.5 Å². The fraction of sp³-hybridized carbons (Fsp3) is 0.160. The van der Waals surface area contributed by atoms with Crippen LogP contribution in [0.25, 0.3) is 0 Å². The molecule has 0 aliphatic carbocycles. The Kier molecular flexibility index (Phi) is 7.97. The molecule has 7 nitrogen and oxygen atoms in total. The zero-order valence-corrected chi connectivity index (χ0v) is 17.4. The third-order valence-corrected chi connectivity index (χ3v) is 4.88. The van der Waals surface area contributed by atoms with E-state index in [2.05, 4.69) is 10.6 Å². The highest BCUT2D eigenvalue weighted by Gasteiger charge is 2.30. The lowest BCUT2D eigenvalue weighted by atomic mass is 9.84. The number of carbonyl (C=O) groups is 3. The van der Waals surface area contributed by atoms with Crippen molar-refractivity contribution in [2.45, 2.75) is 18.6 Å². The molecule has 4 N–H and O–H groups in total. The van der Waals surface area contributed by atoms with Crippen LogP contribution in [-0.4, -0.2) is 30.5 Å². The second-order valence-corrected chi connectivity index (χ2v) is 7.16. The van der Waals surface area contributed by atoms with Crippen LogP contribution < -0.4 is 16.4 Å². The largest absolute Gasteiger partial charge is 0.445 e. The first-order valence-corrected chi connectivity index (χ1v) is 10.2. The van der Waals surface area contributed by atoms with E-state index in [9.17, 15) is 14.4 Å². The maximum absolute atomic E-state index is 12.5. The van der Waals surface area contributed by atoms with Crippen molar-refractivity contribution in [2.24, 2.45) is 5.73 Å². The molecular weight excluding hydrogens is 406 g/mol. The Labute approximate surface area is 186 Å². The van der Waals surface area contributed by atoms with Crippen molar-refractivity contribution in [1.82, 2.24) is 10.6 Å². The monoisotopic (exact) mass is 431 g/mol. The fourth-order valence-corrected chi connectivity index (χ4v) is 3.37. The number of amides is 3. The van der Waals surface area contributed by atoms with E-state index in [1.54, 1.807) is 0 Å². The molecule has 0 aliphatic heterocycles. The number of benzene rings is 3. The van der Waals surface area contributed by atoms with Crippen LogP contribution >= 0.6 is 0 Å². The average Bonchev–Trinajstić information content (AvgIpc) is 2.83. The predicted molar refractivity (Wildman–Crippen MR) is 120 cm³/mol. The lowest BCUT2D eigenvalue weighted by molar-refractivity contribution is -0.127. The van der Waals surface area contributed by atoms with E-state index in [-0.39, 0.29) is 13.2 Å². The lowest BCUT2D eigenvalue weighted by Gasteiger charge is -2.26. The molecule has 0 spiro atoms. The first-order chi connectivity index (χ1) is 15.5. The lowest BCUT2D eigenvalue weighted by Crippen LogP contribution is -2.51. The molecule has 0 radical (unpaired) electrons. The Balaban J connectivity index is 1.64. The Morgan fingerprint density at radius 1 is 0.781 bits per heavy atom. The predicted octanol–water partition coefficient (Wildman–Crippen LogP) is 2.72. The maximum Gasteiger partial charge on any atom is 0.407 e. The summed E-state index contributed by atoms with van der Waals surface area (Å²) < 4.78 is 5.10. The summed E-state index contributed by atoms with van der Waals surface area (Å²) in [4.78, 5) is 36.7. The molecule has 7 heteroatoms. The van der Waals surface area contributed by atoms with E-state index in [1.165, 1.54) is 0 Å². The van der Waals surface area contributed by atoms with Gasteiger partial charge in [0.1, 0.15) is 19.2 Å². The van der Waals surface area contributed by atoms with Gasteiger partial charge in [0, 0.05) is 5.92 Å². The minimum Gasteiger partial charge on any atom is -0.445 e. The van der Waals surface area contributed by atoms with Gasteiger partial charge in [-0.15, -0.1) is 0 Å². The van der Waals surface area contributed by atoms with Crippen molar-refractivity contribution in [2.75, 3.05) is 6.54 Å². The van der Waals surface area contributed by atoms with Crippen molar-refractivity contribution in [3.8, 4) is 0 Å². The highest BCUT2D eigenvalue weighted by Crippen LogP contribution is 2.28. The number of hydrogen-bond acceptors (Lipinski definition) is 4. The molecule has 0 saturated carbocycles. The van der Waals surface area contributed by atoms with Gasteiger partial charge in [0.05, 0.1) is 0 Å². The van der Waals surface area contributed by atoms with Crippen LogP contribution in [0.2, 0.25) is 0 Å². The van der Waals surface area contributed by atoms with Gasteiger partial charge < -0.3 is 21.1 Å². The number of ether oxygens (including phenoxy) is 1. The SMILES string of the molecule is NC(=O)[C@H](NC(=O)CNC(=O)OCc1ccccc1)C(c1ccccc1)c1ccccc1. The highest BCUT2D eigenvalue weighted by molar-refractivity contribution is 5.89. The van der Waals surface area contributed by atoms with Crippen LogP contribution in [-0.2, 0) is 20.9 Å². The van der Waals surface area contributed by atoms with Crippen LogP contribution in [0, 0.1) is 0 Å². The summed E-state index contributed by atoms with van der Waals surface area (Å²) in [7, 11) is 0. The van der Waals surface area contributed by atoms with Crippen LogP contribution in [0.15, 0.2) is 91.0 Å². The van der Waals surface area contributed by atoms with Crippen molar-refractivity contribution >= 4 is 17.9 Å². The number of nitrogens with two attached hydrogens (primary N) is 1. The van der Waals surface area contributed by atoms with Crippen molar-refractivity contribution in [1.29, 1.82) is 0 Å². The molecule has 0 saturated heterocycles. The number of hydrogen-bond donors (Lipinski definition) is 3. The van der Waals surface area contributed by atoms with Crippen LogP contribution in [0.4, 0.5) is 4.79 Å². The first kappa shape index (κ1) is 22.6. The quantitative estimate of drug-likeness (QED) is 0.484. The van der Waals surface area contributed by atoms with Gasteiger partial charge in [-0.1, -0.05) is 91.0 Å². The van der Waals surface area contributed by atoms with E-state index in [0.29, 0.717) is 0 Å². The van der Waals surface area contributed by atoms with Crippen LogP contribution in [0.1, 0.15) is 22.6 Å². The molecular formula is C25H25N3O4. The van der Waals surface area contributed by atoms with Gasteiger partial charge in [0.2, 0.25) is 11.8 Å². The molecule has 3 rings (SSSR count). The topological polar surface area (TPSA) is 111 Å².